The van der Waals surface area contributed by atoms with E-state index in [1.807, 2.05) is 0 Å². The zero-order valence-electron chi connectivity index (χ0n) is 11.5. The Morgan fingerprint density at radius 3 is 2.50 bits per heavy atom. The summed E-state index contributed by atoms with van der Waals surface area (Å²) in [4.78, 5) is 23.2. The Morgan fingerprint density at radius 1 is 1.20 bits per heavy atom. The zero-order chi connectivity index (χ0) is 14.7. The minimum Gasteiger partial charge on any atom is -0.493 e. The Balaban J connectivity index is 2.34. The molecule has 1 aliphatic heterocycles. The number of hydrogen-bond donors (Lipinski definition) is 0. The lowest BCUT2D eigenvalue weighted by atomic mass is 9.95. The lowest BCUT2D eigenvalue weighted by Gasteiger charge is -2.17. The second-order valence-corrected chi connectivity index (χ2v) is 4.36. The van der Waals surface area contributed by atoms with Crippen LogP contribution in [-0.2, 0) is 19.1 Å². The maximum absolute atomic E-state index is 11.7. The fourth-order valence-electron chi connectivity index (χ4n) is 2.25. The van der Waals surface area contributed by atoms with Gasteiger partial charge in [-0.3, -0.25) is 9.59 Å². The molecule has 0 saturated carbocycles. The van der Waals surface area contributed by atoms with Gasteiger partial charge in [-0.2, -0.15) is 0 Å². The highest BCUT2D eigenvalue weighted by Gasteiger charge is 2.41. The first kappa shape index (κ1) is 14.2. The molecule has 0 bridgehead atoms. The van der Waals surface area contributed by atoms with Crippen LogP contribution in [0, 0.1) is 5.92 Å². The smallest absolute Gasteiger partial charge is 0.313 e. The normalized spacial score (nSPS) is 21.2. The number of rotatable bonds is 4. The van der Waals surface area contributed by atoms with Crippen molar-refractivity contribution < 1.29 is 28.5 Å². The van der Waals surface area contributed by atoms with E-state index in [1.54, 1.807) is 18.2 Å². The fourth-order valence-corrected chi connectivity index (χ4v) is 2.25. The molecule has 6 heteroatoms. The average Bonchev–Trinajstić information content (AvgIpc) is 2.87. The zero-order valence-corrected chi connectivity index (χ0v) is 11.5. The van der Waals surface area contributed by atoms with Gasteiger partial charge in [-0.05, 0) is 17.7 Å². The van der Waals surface area contributed by atoms with Crippen LogP contribution in [0.5, 0.6) is 11.5 Å². The number of methoxy groups -OCH3 is 3. The van der Waals surface area contributed by atoms with E-state index in [1.165, 1.54) is 21.3 Å². The first-order valence-electron chi connectivity index (χ1n) is 6.10. The maximum atomic E-state index is 11.7. The van der Waals surface area contributed by atoms with E-state index >= 15 is 0 Å². The molecule has 0 aliphatic carbocycles. The fraction of sp³-hybridized carbons (Fsp3) is 0.429. The summed E-state index contributed by atoms with van der Waals surface area (Å²) in [5, 5.41) is 0. The molecule has 0 spiro atoms. The molecule has 2 rings (SSSR count). The minimum absolute atomic E-state index is 0.0195. The van der Waals surface area contributed by atoms with Crippen LogP contribution in [-0.4, -0.2) is 33.3 Å². The molecule has 1 aliphatic rings. The number of esters is 2. The molecule has 0 radical (unpaired) electrons. The van der Waals surface area contributed by atoms with E-state index in [0.717, 1.165) is 0 Å². The Labute approximate surface area is 116 Å². The van der Waals surface area contributed by atoms with Crippen molar-refractivity contribution in [2.45, 2.75) is 12.5 Å². The van der Waals surface area contributed by atoms with Gasteiger partial charge in [-0.1, -0.05) is 6.07 Å². The molecule has 1 aromatic rings. The number of benzene rings is 1. The second kappa shape index (κ2) is 5.81. The SMILES string of the molecule is COC(=O)C1CC(=O)O[C@H]1c1ccc(OC)c(OC)c1. The van der Waals surface area contributed by atoms with Crippen LogP contribution >= 0.6 is 0 Å². The number of carbonyl (C=O) groups is 2. The highest BCUT2D eigenvalue weighted by molar-refractivity contribution is 5.83. The maximum Gasteiger partial charge on any atom is 0.313 e. The van der Waals surface area contributed by atoms with Crippen molar-refractivity contribution in [1.82, 2.24) is 0 Å². The molecule has 1 saturated heterocycles. The first-order valence-corrected chi connectivity index (χ1v) is 6.10. The van der Waals surface area contributed by atoms with Gasteiger partial charge in [-0.15, -0.1) is 0 Å². The van der Waals surface area contributed by atoms with Gasteiger partial charge in [0.15, 0.2) is 11.5 Å². The van der Waals surface area contributed by atoms with Crippen molar-refractivity contribution in [3.63, 3.8) is 0 Å². The summed E-state index contributed by atoms with van der Waals surface area (Å²) in [7, 11) is 4.33. The molecule has 6 nitrogen and oxygen atoms in total. The summed E-state index contributed by atoms with van der Waals surface area (Å²) in [6.07, 6.45) is -0.638. The van der Waals surface area contributed by atoms with Crippen molar-refractivity contribution in [3.8, 4) is 11.5 Å². The lowest BCUT2D eigenvalue weighted by molar-refractivity contribution is -0.147. The first-order chi connectivity index (χ1) is 9.60. The average molecular weight is 280 g/mol. The molecule has 2 atom stereocenters. The van der Waals surface area contributed by atoms with Crippen LogP contribution in [0.4, 0.5) is 0 Å². The van der Waals surface area contributed by atoms with E-state index in [0.29, 0.717) is 17.1 Å². The second-order valence-electron chi connectivity index (χ2n) is 4.36. The van der Waals surface area contributed by atoms with Gasteiger partial charge in [0.1, 0.15) is 12.0 Å². The summed E-state index contributed by atoms with van der Waals surface area (Å²) in [5.74, 6) is -0.437. The Hall–Kier alpha value is -2.24. The minimum atomic E-state index is -0.658. The predicted octanol–water partition coefficient (Wildman–Crippen LogP) is 1.48. The standard InChI is InChI=1S/C14H16O6/c1-17-10-5-4-8(6-11(10)18-2)13-9(14(16)19-3)7-12(15)20-13/h4-6,9,13H,7H2,1-3H3/t9?,13-/m0/s1. The van der Waals surface area contributed by atoms with Gasteiger partial charge >= 0.3 is 11.9 Å². The molecule has 1 fully saturated rings. The van der Waals surface area contributed by atoms with Gasteiger partial charge in [0.25, 0.3) is 0 Å². The summed E-state index contributed by atoms with van der Waals surface area (Å²) in [6.45, 7) is 0. The van der Waals surface area contributed by atoms with Gasteiger partial charge in [0.05, 0.1) is 27.8 Å². The number of cyclic esters (lactones) is 1. The molecule has 20 heavy (non-hydrogen) atoms. The van der Waals surface area contributed by atoms with E-state index in [2.05, 4.69) is 0 Å². The van der Waals surface area contributed by atoms with Gasteiger partial charge < -0.3 is 18.9 Å². The Bertz CT molecular complexity index is 524. The van der Waals surface area contributed by atoms with Gasteiger partial charge in [-0.25, -0.2) is 0 Å². The molecule has 1 heterocycles. The number of carbonyl (C=O) groups excluding carboxylic acids is 2. The Kier molecular flexibility index (Phi) is 4.12. The van der Waals surface area contributed by atoms with Gasteiger partial charge in [0, 0.05) is 0 Å². The van der Waals surface area contributed by atoms with E-state index in [-0.39, 0.29) is 6.42 Å². The molecule has 0 aromatic heterocycles. The van der Waals surface area contributed by atoms with Gasteiger partial charge in [0.2, 0.25) is 0 Å². The number of hydrogen-bond acceptors (Lipinski definition) is 6. The summed E-state index contributed by atoms with van der Waals surface area (Å²) >= 11 is 0. The van der Waals surface area contributed by atoms with E-state index in [4.69, 9.17) is 18.9 Å². The summed E-state index contributed by atoms with van der Waals surface area (Å²) in [6, 6.07) is 5.13. The topological polar surface area (TPSA) is 71.1 Å². The van der Waals surface area contributed by atoms with E-state index in [9.17, 15) is 9.59 Å². The third-order valence-corrected chi connectivity index (χ3v) is 3.25. The van der Waals surface area contributed by atoms with Crippen molar-refractivity contribution in [1.29, 1.82) is 0 Å². The molecule has 108 valence electrons. The predicted molar refractivity (Wildman–Crippen MR) is 68.5 cm³/mol. The van der Waals surface area contributed by atoms with Crippen LogP contribution < -0.4 is 9.47 Å². The molecular formula is C14H16O6. The monoisotopic (exact) mass is 280 g/mol. The molecule has 0 amide bonds. The van der Waals surface area contributed by atoms with Crippen LogP contribution in [0.2, 0.25) is 0 Å². The largest absolute Gasteiger partial charge is 0.493 e. The Morgan fingerprint density at radius 2 is 1.90 bits per heavy atom. The van der Waals surface area contributed by atoms with Crippen LogP contribution in [0.15, 0.2) is 18.2 Å². The van der Waals surface area contributed by atoms with Crippen LogP contribution in [0.1, 0.15) is 18.1 Å². The van der Waals surface area contributed by atoms with Crippen molar-refractivity contribution in [2.24, 2.45) is 5.92 Å². The highest BCUT2D eigenvalue weighted by Crippen LogP contribution is 2.39. The molecular weight excluding hydrogens is 264 g/mol. The quantitative estimate of drug-likeness (QED) is 0.778. The number of ether oxygens (including phenoxy) is 4. The third kappa shape index (κ3) is 2.54. The molecule has 1 unspecified atom stereocenters. The third-order valence-electron chi connectivity index (χ3n) is 3.25. The van der Waals surface area contributed by atoms with Crippen LogP contribution in [0.3, 0.4) is 0 Å². The van der Waals surface area contributed by atoms with Crippen molar-refractivity contribution in [3.05, 3.63) is 23.8 Å². The van der Waals surface area contributed by atoms with E-state index < -0.39 is 24.0 Å². The highest BCUT2D eigenvalue weighted by atomic mass is 16.6. The molecule has 1 aromatic carbocycles. The van der Waals surface area contributed by atoms with Crippen LogP contribution in [0.25, 0.3) is 0 Å². The summed E-state index contributed by atoms with van der Waals surface area (Å²) in [5.41, 5.74) is 0.670. The van der Waals surface area contributed by atoms with Crippen molar-refractivity contribution in [2.75, 3.05) is 21.3 Å². The lowest BCUT2D eigenvalue weighted by Crippen LogP contribution is -2.19. The summed E-state index contributed by atoms with van der Waals surface area (Å²) < 4.78 is 20.3. The molecule has 0 N–H and O–H groups in total. The van der Waals surface area contributed by atoms with Crippen molar-refractivity contribution >= 4 is 11.9 Å².